The zero-order chi connectivity index (χ0) is 22.1. The Bertz CT molecular complexity index is 1110. The van der Waals surface area contributed by atoms with Gasteiger partial charge in [0, 0.05) is 23.8 Å². The van der Waals surface area contributed by atoms with Gasteiger partial charge in [0.2, 0.25) is 0 Å². The normalized spacial score (nSPS) is 20.0. The quantitative estimate of drug-likeness (QED) is 0.458. The number of hydrogen-bond donors (Lipinski definition) is 1. The molecular weight excluding hydrogens is 388 g/mol. The van der Waals surface area contributed by atoms with Gasteiger partial charge in [-0.3, -0.25) is 4.98 Å². The van der Waals surface area contributed by atoms with E-state index in [4.69, 9.17) is 4.98 Å². The molecule has 0 aliphatic heterocycles. The molecule has 2 atom stereocenters. The Labute approximate surface area is 193 Å². The van der Waals surface area contributed by atoms with Crippen LogP contribution in [-0.4, -0.2) is 11.0 Å². The van der Waals surface area contributed by atoms with Crippen LogP contribution in [0.4, 0.5) is 0 Å². The average molecular weight is 425 g/mol. The lowest BCUT2D eigenvalue weighted by atomic mass is 9.90. The predicted octanol–water partition coefficient (Wildman–Crippen LogP) is 7.05. The molecule has 1 N–H and O–H groups in total. The second kappa shape index (κ2) is 9.19. The van der Waals surface area contributed by atoms with E-state index in [0.717, 1.165) is 24.6 Å². The number of aromatic nitrogens is 1. The van der Waals surface area contributed by atoms with Crippen LogP contribution >= 0.6 is 0 Å². The molecule has 0 saturated heterocycles. The van der Waals surface area contributed by atoms with Crippen molar-refractivity contribution in [2.24, 2.45) is 5.92 Å². The first-order valence-electron chi connectivity index (χ1n) is 12.6. The lowest BCUT2D eigenvalue weighted by Crippen LogP contribution is -2.30. The summed E-state index contributed by atoms with van der Waals surface area (Å²) in [5.74, 6) is 0.789. The summed E-state index contributed by atoms with van der Waals surface area (Å²) in [5, 5.41) is 3.81. The van der Waals surface area contributed by atoms with Crippen LogP contribution in [0.25, 0.3) is 22.4 Å². The SMILES string of the molecule is CCc1nc(-c2cccc(-c3cccc4c3CCC4)c2C)ccc1CNC1CCCC1C. The summed E-state index contributed by atoms with van der Waals surface area (Å²) < 4.78 is 0. The molecule has 2 aliphatic rings. The Morgan fingerprint density at radius 1 is 0.906 bits per heavy atom. The third-order valence-corrected chi connectivity index (χ3v) is 7.87. The minimum atomic E-state index is 0.658. The first-order valence-corrected chi connectivity index (χ1v) is 12.6. The summed E-state index contributed by atoms with van der Waals surface area (Å²) >= 11 is 0. The molecule has 1 fully saturated rings. The van der Waals surface area contributed by atoms with Crippen molar-refractivity contribution in [3.8, 4) is 22.4 Å². The number of fused-ring (bicyclic) bond motifs is 1. The summed E-state index contributed by atoms with van der Waals surface area (Å²) in [5.41, 5.74) is 12.2. The maximum Gasteiger partial charge on any atom is 0.0708 e. The molecule has 2 unspecified atom stereocenters. The Morgan fingerprint density at radius 2 is 1.72 bits per heavy atom. The summed E-state index contributed by atoms with van der Waals surface area (Å²) in [4.78, 5) is 5.15. The number of aryl methyl sites for hydroxylation is 2. The molecule has 0 radical (unpaired) electrons. The molecule has 2 aliphatic carbocycles. The van der Waals surface area contributed by atoms with Gasteiger partial charge >= 0.3 is 0 Å². The molecule has 2 nitrogen and oxygen atoms in total. The highest BCUT2D eigenvalue weighted by Gasteiger charge is 2.23. The van der Waals surface area contributed by atoms with Gasteiger partial charge in [0.15, 0.2) is 0 Å². The Hall–Kier alpha value is -2.45. The number of pyridine rings is 1. The van der Waals surface area contributed by atoms with Crippen LogP contribution in [0, 0.1) is 12.8 Å². The molecule has 2 aromatic carbocycles. The van der Waals surface area contributed by atoms with Crippen molar-refractivity contribution in [3.05, 3.63) is 76.5 Å². The lowest BCUT2D eigenvalue weighted by molar-refractivity contribution is 0.425. The Morgan fingerprint density at radius 3 is 2.53 bits per heavy atom. The Kier molecular flexibility index (Phi) is 6.15. The topological polar surface area (TPSA) is 24.9 Å². The van der Waals surface area contributed by atoms with Crippen molar-refractivity contribution >= 4 is 0 Å². The van der Waals surface area contributed by atoms with E-state index in [2.05, 4.69) is 74.6 Å². The van der Waals surface area contributed by atoms with Crippen molar-refractivity contribution in [1.29, 1.82) is 0 Å². The zero-order valence-electron chi connectivity index (χ0n) is 19.9. The molecule has 0 spiro atoms. The van der Waals surface area contributed by atoms with Crippen LogP contribution in [0.2, 0.25) is 0 Å². The maximum atomic E-state index is 5.15. The van der Waals surface area contributed by atoms with Gasteiger partial charge in [-0.25, -0.2) is 0 Å². The van der Waals surface area contributed by atoms with E-state index >= 15 is 0 Å². The van der Waals surface area contributed by atoms with E-state index < -0.39 is 0 Å². The number of nitrogens with zero attached hydrogens (tertiary/aromatic N) is 1. The van der Waals surface area contributed by atoms with E-state index in [1.165, 1.54) is 77.6 Å². The monoisotopic (exact) mass is 424 g/mol. The van der Waals surface area contributed by atoms with Crippen molar-refractivity contribution < 1.29 is 0 Å². The molecule has 0 bridgehead atoms. The third kappa shape index (κ3) is 4.01. The molecule has 3 aromatic rings. The average Bonchev–Trinajstić information content (AvgIpc) is 3.46. The van der Waals surface area contributed by atoms with Gasteiger partial charge in [0.25, 0.3) is 0 Å². The lowest BCUT2D eigenvalue weighted by Gasteiger charge is -2.19. The highest BCUT2D eigenvalue weighted by atomic mass is 14.9. The van der Waals surface area contributed by atoms with E-state index in [-0.39, 0.29) is 0 Å². The van der Waals surface area contributed by atoms with E-state index in [0.29, 0.717) is 6.04 Å². The summed E-state index contributed by atoms with van der Waals surface area (Å²) in [6, 6.07) is 18.8. The fourth-order valence-corrected chi connectivity index (χ4v) is 5.91. The highest BCUT2D eigenvalue weighted by Crippen LogP contribution is 2.37. The van der Waals surface area contributed by atoms with Gasteiger partial charge in [-0.1, -0.05) is 62.7 Å². The number of benzene rings is 2. The van der Waals surface area contributed by atoms with E-state index in [9.17, 15) is 0 Å². The van der Waals surface area contributed by atoms with Gasteiger partial charge in [-0.15, -0.1) is 0 Å². The van der Waals surface area contributed by atoms with Gasteiger partial charge in [0.1, 0.15) is 0 Å². The van der Waals surface area contributed by atoms with Gasteiger partial charge in [-0.2, -0.15) is 0 Å². The van der Waals surface area contributed by atoms with E-state index in [1.54, 1.807) is 5.56 Å². The minimum Gasteiger partial charge on any atom is -0.310 e. The smallest absolute Gasteiger partial charge is 0.0708 e. The molecule has 0 amide bonds. The molecule has 5 rings (SSSR count). The summed E-state index contributed by atoms with van der Waals surface area (Å²) in [6.07, 6.45) is 8.70. The maximum absolute atomic E-state index is 5.15. The molecule has 166 valence electrons. The van der Waals surface area contributed by atoms with Crippen LogP contribution in [0.5, 0.6) is 0 Å². The first kappa shape index (κ1) is 21.4. The molecule has 32 heavy (non-hydrogen) atoms. The van der Waals surface area contributed by atoms with Crippen molar-refractivity contribution in [2.75, 3.05) is 0 Å². The van der Waals surface area contributed by atoms with Crippen molar-refractivity contribution in [3.63, 3.8) is 0 Å². The third-order valence-electron chi connectivity index (χ3n) is 7.87. The van der Waals surface area contributed by atoms with Crippen LogP contribution in [0.15, 0.2) is 48.5 Å². The number of hydrogen-bond acceptors (Lipinski definition) is 2. The predicted molar refractivity (Wildman–Crippen MR) is 135 cm³/mol. The highest BCUT2D eigenvalue weighted by molar-refractivity contribution is 5.79. The standard InChI is InChI=1S/C30H36N2/c1-4-28-23(19-31-29-16-5-9-20(29)2)17-18-30(32-28)25-13-8-12-24(21(25)3)27-15-7-11-22-10-6-14-26(22)27/h7-8,11-13,15,17-18,20,29,31H,4-6,9-10,14,16,19H2,1-3H3. The van der Waals surface area contributed by atoms with Gasteiger partial charge < -0.3 is 5.32 Å². The second-order valence-electron chi connectivity index (χ2n) is 9.83. The van der Waals surface area contributed by atoms with Crippen molar-refractivity contribution in [1.82, 2.24) is 10.3 Å². The summed E-state index contributed by atoms with van der Waals surface area (Å²) in [6.45, 7) is 7.80. The summed E-state index contributed by atoms with van der Waals surface area (Å²) in [7, 11) is 0. The number of rotatable bonds is 6. The van der Waals surface area contributed by atoms with Crippen LogP contribution in [0.1, 0.15) is 67.5 Å². The van der Waals surface area contributed by atoms with Crippen molar-refractivity contribution in [2.45, 2.75) is 78.3 Å². The number of nitrogens with one attached hydrogen (secondary N) is 1. The van der Waals surface area contributed by atoms with Crippen LogP contribution in [-0.2, 0) is 25.8 Å². The fourth-order valence-electron chi connectivity index (χ4n) is 5.91. The second-order valence-corrected chi connectivity index (χ2v) is 9.83. The van der Waals surface area contributed by atoms with E-state index in [1.807, 2.05) is 0 Å². The largest absolute Gasteiger partial charge is 0.310 e. The molecule has 1 heterocycles. The zero-order valence-corrected chi connectivity index (χ0v) is 19.9. The molecular formula is C30H36N2. The van der Waals surface area contributed by atoms with Gasteiger partial charge in [-0.05, 0) is 90.8 Å². The van der Waals surface area contributed by atoms with Crippen LogP contribution < -0.4 is 5.32 Å². The Balaban J connectivity index is 1.45. The van der Waals surface area contributed by atoms with Gasteiger partial charge in [0.05, 0.1) is 5.69 Å². The first-order chi connectivity index (χ1) is 15.7. The molecule has 1 aromatic heterocycles. The molecule has 1 saturated carbocycles. The molecule has 2 heteroatoms. The fraction of sp³-hybridized carbons (Fsp3) is 0.433. The minimum absolute atomic E-state index is 0.658. The van der Waals surface area contributed by atoms with Crippen LogP contribution in [0.3, 0.4) is 0 Å².